The van der Waals surface area contributed by atoms with Crippen LogP contribution in [0, 0.1) is 11.8 Å². The summed E-state index contributed by atoms with van der Waals surface area (Å²) in [5, 5.41) is 8.77. The molecule has 5 nitrogen and oxygen atoms in total. The summed E-state index contributed by atoms with van der Waals surface area (Å²) in [7, 11) is 1.49. The first-order valence-corrected chi connectivity index (χ1v) is 5.01. The van der Waals surface area contributed by atoms with Crippen molar-refractivity contribution >= 4 is 11.9 Å². The molecule has 0 aliphatic carbocycles. The van der Waals surface area contributed by atoms with Crippen LogP contribution in [-0.4, -0.2) is 48.2 Å². The van der Waals surface area contributed by atoms with Crippen LogP contribution >= 0.6 is 0 Å². The third-order valence-corrected chi connectivity index (χ3v) is 3.02. The predicted molar refractivity (Wildman–Crippen MR) is 53.3 cm³/mol. The molecule has 1 aliphatic heterocycles. The minimum atomic E-state index is -0.799. The number of carboxylic acid groups (broad SMARTS) is 1. The van der Waals surface area contributed by atoms with Crippen LogP contribution < -0.4 is 0 Å². The monoisotopic (exact) mass is 215 g/mol. The Kier molecular flexibility index (Phi) is 3.68. The fourth-order valence-corrected chi connectivity index (χ4v) is 1.57. The molecule has 0 bridgehead atoms. The van der Waals surface area contributed by atoms with Gasteiger partial charge in [0, 0.05) is 26.1 Å². The zero-order chi connectivity index (χ0) is 11.6. The van der Waals surface area contributed by atoms with Crippen molar-refractivity contribution in [3.8, 4) is 0 Å². The highest BCUT2D eigenvalue weighted by Gasteiger charge is 2.38. The molecule has 1 rings (SSSR count). The molecular weight excluding hydrogens is 198 g/mol. The quantitative estimate of drug-likeness (QED) is 0.727. The molecule has 2 unspecified atom stereocenters. The second kappa shape index (κ2) is 4.61. The van der Waals surface area contributed by atoms with Gasteiger partial charge in [-0.15, -0.1) is 0 Å². The summed E-state index contributed by atoms with van der Waals surface area (Å²) in [4.78, 5) is 23.9. The van der Waals surface area contributed by atoms with Gasteiger partial charge in [-0.3, -0.25) is 9.59 Å². The summed E-state index contributed by atoms with van der Waals surface area (Å²) >= 11 is 0. The van der Waals surface area contributed by atoms with Crippen molar-refractivity contribution in [1.82, 2.24) is 4.90 Å². The first-order chi connectivity index (χ1) is 6.97. The largest absolute Gasteiger partial charge is 0.481 e. The Balaban J connectivity index is 2.37. The predicted octanol–water partition coefficient (Wildman–Crippen LogP) is 0.200. The lowest BCUT2D eigenvalue weighted by molar-refractivity contribution is -0.155. The van der Waals surface area contributed by atoms with Gasteiger partial charge in [0.25, 0.3) is 5.91 Å². The normalized spacial score (nSPS) is 20.6. The van der Waals surface area contributed by atoms with Crippen molar-refractivity contribution in [3.63, 3.8) is 0 Å². The molecule has 2 atom stereocenters. The van der Waals surface area contributed by atoms with Gasteiger partial charge >= 0.3 is 5.97 Å². The van der Waals surface area contributed by atoms with Crippen molar-refractivity contribution in [1.29, 1.82) is 0 Å². The average Bonchev–Trinajstić information content (AvgIpc) is 2.13. The van der Waals surface area contributed by atoms with Crippen LogP contribution in [0.15, 0.2) is 0 Å². The van der Waals surface area contributed by atoms with Gasteiger partial charge in [-0.25, -0.2) is 0 Å². The van der Waals surface area contributed by atoms with Crippen molar-refractivity contribution in [3.05, 3.63) is 0 Å². The molecule has 1 aliphatic rings. The van der Waals surface area contributed by atoms with Gasteiger partial charge in [0.2, 0.25) is 0 Å². The molecule has 0 aromatic rings. The number of rotatable bonds is 4. The fraction of sp³-hybridized carbons (Fsp3) is 0.800. The molecule has 0 aromatic carbocycles. The van der Waals surface area contributed by atoms with Gasteiger partial charge in [0.15, 0.2) is 0 Å². The Morgan fingerprint density at radius 1 is 1.40 bits per heavy atom. The van der Waals surface area contributed by atoms with E-state index in [-0.39, 0.29) is 17.7 Å². The van der Waals surface area contributed by atoms with E-state index in [0.717, 1.165) is 0 Å². The van der Waals surface area contributed by atoms with Crippen LogP contribution in [0.2, 0.25) is 0 Å². The summed E-state index contributed by atoms with van der Waals surface area (Å²) < 4.78 is 4.90. The maximum atomic E-state index is 11.5. The first kappa shape index (κ1) is 12.0. The number of carbonyl (C=O) groups is 2. The number of carboxylic acids is 1. The van der Waals surface area contributed by atoms with Gasteiger partial charge in [-0.05, 0) is 6.92 Å². The van der Waals surface area contributed by atoms with E-state index in [2.05, 4.69) is 0 Å². The summed E-state index contributed by atoms with van der Waals surface area (Å²) in [5.41, 5.74) is 0. The Hall–Kier alpha value is -1.10. The van der Waals surface area contributed by atoms with E-state index in [0.29, 0.717) is 13.1 Å². The lowest BCUT2D eigenvalue weighted by atomic mass is 9.87. The standard InChI is InChI=1S/C10H17NO4/c1-6(10(13)14)8-4-11(5-8)9(12)7(2)15-3/h6-8H,4-5H2,1-3H3,(H,13,14). The molecule has 0 radical (unpaired) electrons. The molecule has 1 amide bonds. The Bertz CT molecular complexity index is 260. The zero-order valence-corrected chi connectivity index (χ0v) is 9.27. The molecule has 5 heteroatoms. The van der Waals surface area contributed by atoms with E-state index in [9.17, 15) is 9.59 Å². The molecule has 1 heterocycles. The van der Waals surface area contributed by atoms with Crippen molar-refractivity contribution in [2.24, 2.45) is 11.8 Å². The van der Waals surface area contributed by atoms with E-state index < -0.39 is 12.1 Å². The van der Waals surface area contributed by atoms with Crippen molar-refractivity contribution in [2.45, 2.75) is 20.0 Å². The van der Waals surface area contributed by atoms with Crippen LogP contribution in [0.25, 0.3) is 0 Å². The van der Waals surface area contributed by atoms with Crippen molar-refractivity contribution < 1.29 is 19.4 Å². The summed E-state index contributed by atoms with van der Waals surface area (Å²) in [6.45, 7) is 4.42. The molecular formula is C10H17NO4. The summed E-state index contributed by atoms with van der Waals surface area (Å²) in [5.74, 6) is -1.17. The number of hydrogen-bond donors (Lipinski definition) is 1. The van der Waals surface area contributed by atoms with E-state index >= 15 is 0 Å². The highest BCUT2D eigenvalue weighted by molar-refractivity contribution is 5.81. The van der Waals surface area contributed by atoms with Gasteiger partial charge in [-0.1, -0.05) is 6.92 Å². The van der Waals surface area contributed by atoms with Gasteiger partial charge < -0.3 is 14.7 Å². The number of aliphatic carboxylic acids is 1. The van der Waals surface area contributed by atoms with Gasteiger partial charge in [0.1, 0.15) is 6.10 Å². The molecule has 0 aromatic heterocycles. The van der Waals surface area contributed by atoms with E-state index in [4.69, 9.17) is 9.84 Å². The minimum Gasteiger partial charge on any atom is -0.481 e. The smallest absolute Gasteiger partial charge is 0.306 e. The van der Waals surface area contributed by atoms with Gasteiger partial charge in [-0.2, -0.15) is 0 Å². The Morgan fingerprint density at radius 2 is 1.93 bits per heavy atom. The van der Waals surface area contributed by atoms with E-state index in [1.807, 2.05) is 0 Å². The van der Waals surface area contributed by atoms with Crippen LogP contribution in [-0.2, 0) is 14.3 Å². The van der Waals surface area contributed by atoms with Crippen LogP contribution in [0.5, 0.6) is 0 Å². The van der Waals surface area contributed by atoms with E-state index in [1.54, 1.807) is 18.7 Å². The zero-order valence-electron chi connectivity index (χ0n) is 9.27. The first-order valence-electron chi connectivity index (χ1n) is 5.01. The number of likely N-dealkylation sites (tertiary alicyclic amines) is 1. The molecule has 1 saturated heterocycles. The highest BCUT2D eigenvalue weighted by Crippen LogP contribution is 2.24. The molecule has 15 heavy (non-hydrogen) atoms. The number of nitrogens with zero attached hydrogens (tertiary/aromatic N) is 1. The number of carbonyl (C=O) groups excluding carboxylic acids is 1. The fourth-order valence-electron chi connectivity index (χ4n) is 1.57. The Morgan fingerprint density at radius 3 is 2.33 bits per heavy atom. The van der Waals surface area contributed by atoms with Crippen LogP contribution in [0.1, 0.15) is 13.8 Å². The van der Waals surface area contributed by atoms with E-state index in [1.165, 1.54) is 7.11 Å². The number of ether oxygens (including phenoxy) is 1. The molecule has 1 N–H and O–H groups in total. The second-order valence-electron chi connectivity index (χ2n) is 4.01. The third kappa shape index (κ3) is 2.47. The van der Waals surface area contributed by atoms with Crippen LogP contribution in [0.4, 0.5) is 0 Å². The summed E-state index contributed by atoms with van der Waals surface area (Å²) in [6.07, 6.45) is -0.439. The second-order valence-corrected chi connectivity index (χ2v) is 4.01. The SMILES string of the molecule is COC(C)C(=O)N1CC(C(C)C(=O)O)C1. The highest BCUT2D eigenvalue weighted by atomic mass is 16.5. The molecule has 0 spiro atoms. The third-order valence-electron chi connectivity index (χ3n) is 3.02. The van der Waals surface area contributed by atoms with Crippen molar-refractivity contribution in [2.75, 3.05) is 20.2 Å². The van der Waals surface area contributed by atoms with Gasteiger partial charge in [0.05, 0.1) is 5.92 Å². The molecule has 0 saturated carbocycles. The maximum Gasteiger partial charge on any atom is 0.306 e. The number of hydrogen-bond acceptors (Lipinski definition) is 3. The lowest BCUT2D eigenvalue weighted by Crippen LogP contribution is -2.56. The number of methoxy groups -OCH3 is 1. The minimum absolute atomic E-state index is 0.0636. The average molecular weight is 215 g/mol. The summed E-state index contributed by atoms with van der Waals surface area (Å²) in [6, 6.07) is 0. The Labute approximate surface area is 89.0 Å². The van der Waals surface area contributed by atoms with Crippen LogP contribution in [0.3, 0.4) is 0 Å². The maximum absolute atomic E-state index is 11.5. The molecule has 1 fully saturated rings. The topological polar surface area (TPSA) is 66.8 Å². The number of amides is 1. The molecule has 86 valence electrons. The lowest BCUT2D eigenvalue weighted by Gasteiger charge is -2.42.